The molecule has 0 saturated carbocycles. The fourth-order valence-corrected chi connectivity index (χ4v) is 0.284. The van der Waals surface area contributed by atoms with Crippen molar-refractivity contribution in [1.82, 2.24) is 0 Å². The van der Waals surface area contributed by atoms with Crippen LogP contribution in [0.1, 0.15) is 13.3 Å². The highest BCUT2D eigenvalue weighted by molar-refractivity contribution is 4.81. The Kier molecular flexibility index (Phi) is 3.36. The van der Waals surface area contributed by atoms with Gasteiger partial charge in [-0.1, -0.05) is 6.92 Å². The topological polar surface area (TPSA) is 65.7 Å². The summed E-state index contributed by atoms with van der Waals surface area (Å²) in [5, 5.41) is 9.70. The van der Waals surface area contributed by atoms with Gasteiger partial charge in [0.25, 0.3) is 0 Å². The molecule has 0 heterocycles. The average molecular weight is 102 g/mol. The van der Waals surface area contributed by atoms with Crippen LogP contribution in [0, 0.1) is 5.21 Å². The van der Waals surface area contributed by atoms with E-state index in [-0.39, 0.29) is 0 Å². The fourth-order valence-electron chi connectivity index (χ4n) is 0.284. The number of hydroxylamine groups is 1. The van der Waals surface area contributed by atoms with Gasteiger partial charge in [0.05, 0.1) is 0 Å². The SMILES string of the molecule is CCC=C(N)[NH2+][O-]. The molecular weight excluding hydrogens is 92.1 g/mol. The van der Waals surface area contributed by atoms with Gasteiger partial charge in [-0.3, -0.25) is 0 Å². The van der Waals surface area contributed by atoms with E-state index in [1.165, 1.54) is 0 Å². The molecule has 0 spiro atoms. The lowest BCUT2D eigenvalue weighted by Gasteiger charge is -1.97. The van der Waals surface area contributed by atoms with Crippen LogP contribution >= 0.6 is 0 Å². The number of quaternary nitrogens is 1. The van der Waals surface area contributed by atoms with Crippen molar-refractivity contribution in [1.29, 1.82) is 0 Å². The molecule has 0 aromatic carbocycles. The van der Waals surface area contributed by atoms with Gasteiger partial charge < -0.3 is 16.4 Å². The van der Waals surface area contributed by atoms with E-state index < -0.39 is 0 Å². The first-order valence-electron chi connectivity index (χ1n) is 2.22. The number of rotatable bonds is 2. The molecule has 0 saturated heterocycles. The molecule has 0 fully saturated rings. The second kappa shape index (κ2) is 3.64. The summed E-state index contributed by atoms with van der Waals surface area (Å²) in [5.74, 6) is 0.322. The molecule has 0 aliphatic carbocycles. The molecule has 0 aliphatic heterocycles. The van der Waals surface area contributed by atoms with Crippen molar-refractivity contribution < 1.29 is 5.48 Å². The molecule has 0 bridgehead atoms. The van der Waals surface area contributed by atoms with Crippen LogP contribution < -0.4 is 11.2 Å². The average Bonchev–Trinajstić information content (AvgIpc) is 1.68. The van der Waals surface area contributed by atoms with Gasteiger partial charge in [0, 0.05) is 0 Å². The first-order valence-corrected chi connectivity index (χ1v) is 2.22. The second-order valence-electron chi connectivity index (χ2n) is 1.23. The van der Waals surface area contributed by atoms with Crippen molar-refractivity contribution in [2.45, 2.75) is 13.3 Å². The smallest absolute Gasteiger partial charge is 0.191 e. The monoisotopic (exact) mass is 102 g/mol. The van der Waals surface area contributed by atoms with Crippen LogP contribution in [0.2, 0.25) is 0 Å². The number of hydrogen-bond acceptors (Lipinski definition) is 2. The molecule has 0 amide bonds. The van der Waals surface area contributed by atoms with Crippen LogP contribution in [0.3, 0.4) is 0 Å². The van der Waals surface area contributed by atoms with Gasteiger partial charge in [-0.25, -0.2) is 0 Å². The molecule has 0 rings (SSSR count). The molecule has 0 atom stereocenters. The molecule has 4 N–H and O–H groups in total. The summed E-state index contributed by atoms with van der Waals surface area (Å²) >= 11 is 0. The highest BCUT2D eigenvalue weighted by atomic mass is 16.5. The summed E-state index contributed by atoms with van der Waals surface area (Å²) in [6, 6.07) is 0. The van der Waals surface area contributed by atoms with Gasteiger partial charge >= 0.3 is 0 Å². The van der Waals surface area contributed by atoms with Gasteiger partial charge in [0.1, 0.15) is 0 Å². The molecule has 42 valence electrons. The normalized spacial score (nSPS) is 12.0. The van der Waals surface area contributed by atoms with Crippen molar-refractivity contribution in [2.75, 3.05) is 0 Å². The van der Waals surface area contributed by atoms with Gasteiger partial charge in [-0.2, -0.15) is 0 Å². The highest BCUT2D eigenvalue weighted by Crippen LogP contribution is 1.74. The van der Waals surface area contributed by atoms with Gasteiger partial charge in [0.2, 0.25) is 0 Å². The highest BCUT2D eigenvalue weighted by Gasteiger charge is 1.77. The molecular formula is C4H10N2O. The third kappa shape index (κ3) is 3.29. The summed E-state index contributed by atoms with van der Waals surface area (Å²) in [6.07, 6.45) is 2.50. The van der Waals surface area contributed by atoms with Crippen LogP contribution in [0.15, 0.2) is 11.9 Å². The van der Waals surface area contributed by atoms with Crippen LogP contribution in [-0.4, -0.2) is 0 Å². The largest absolute Gasteiger partial charge is 0.629 e. The molecule has 0 aromatic rings. The van der Waals surface area contributed by atoms with E-state index in [1.54, 1.807) is 6.08 Å². The van der Waals surface area contributed by atoms with E-state index in [4.69, 9.17) is 5.73 Å². The van der Waals surface area contributed by atoms with Crippen molar-refractivity contribution in [2.24, 2.45) is 5.73 Å². The maximum absolute atomic E-state index is 9.70. The summed E-state index contributed by atoms with van der Waals surface area (Å²) < 4.78 is 0. The van der Waals surface area contributed by atoms with E-state index in [0.717, 1.165) is 6.42 Å². The van der Waals surface area contributed by atoms with E-state index in [2.05, 4.69) is 0 Å². The second-order valence-corrected chi connectivity index (χ2v) is 1.23. The molecule has 0 radical (unpaired) electrons. The predicted molar refractivity (Wildman–Crippen MR) is 27.9 cm³/mol. The number of nitrogens with two attached hydrogens (primary N) is 2. The number of allylic oxidation sites excluding steroid dienone is 1. The Labute approximate surface area is 42.8 Å². The van der Waals surface area contributed by atoms with Gasteiger partial charge in [-0.05, 0) is 12.5 Å². The van der Waals surface area contributed by atoms with E-state index in [9.17, 15) is 5.21 Å². The summed E-state index contributed by atoms with van der Waals surface area (Å²) in [6.45, 7) is 1.93. The Morgan fingerprint density at radius 2 is 2.57 bits per heavy atom. The van der Waals surface area contributed by atoms with E-state index in [1.807, 2.05) is 6.92 Å². The van der Waals surface area contributed by atoms with Crippen LogP contribution in [0.5, 0.6) is 0 Å². The van der Waals surface area contributed by atoms with E-state index >= 15 is 0 Å². The number of hydrogen-bond donors (Lipinski definition) is 2. The Balaban J connectivity index is 3.29. The lowest BCUT2D eigenvalue weighted by Crippen LogP contribution is -2.77. The molecule has 3 nitrogen and oxygen atoms in total. The first-order chi connectivity index (χ1) is 3.31. The van der Waals surface area contributed by atoms with Crippen LogP contribution in [0.25, 0.3) is 0 Å². The summed E-state index contributed by atoms with van der Waals surface area (Å²) in [4.78, 5) is 0. The summed E-state index contributed by atoms with van der Waals surface area (Å²) in [7, 11) is 0. The van der Waals surface area contributed by atoms with Gasteiger partial charge in [0.15, 0.2) is 5.82 Å². The molecule has 0 aromatic heterocycles. The zero-order chi connectivity index (χ0) is 5.70. The lowest BCUT2D eigenvalue weighted by molar-refractivity contribution is -0.537. The third-order valence-corrected chi connectivity index (χ3v) is 0.576. The van der Waals surface area contributed by atoms with Crippen LogP contribution in [0.4, 0.5) is 0 Å². The van der Waals surface area contributed by atoms with E-state index in [0.29, 0.717) is 11.3 Å². The van der Waals surface area contributed by atoms with Crippen molar-refractivity contribution in [3.63, 3.8) is 0 Å². The third-order valence-electron chi connectivity index (χ3n) is 0.576. The minimum Gasteiger partial charge on any atom is -0.629 e. The Morgan fingerprint density at radius 1 is 2.00 bits per heavy atom. The van der Waals surface area contributed by atoms with Gasteiger partial charge in [-0.15, -0.1) is 0 Å². The first kappa shape index (κ1) is 6.46. The Morgan fingerprint density at radius 3 is 2.71 bits per heavy atom. The minimum absolute atomic E-state index is 0.322. The zero-order valence-corrected chi connectivity index (χ0v) is 4.35. The maximum atomic E-state index is 9.70. The zero-order valence-electron chi connectivity index (χ0n) is 4.35. The quantitative estimate of drug-likeness (QED) is 0.451. The van der Waals surface area contributed by atoms with Crippen LogP contribution in [-0.2, 0) is 0 Å². The summed E-state index contributed by atoms with van der Waals surface area (Å²) in [5.41, 5.74) is 5.72. The molecule has 0 unspecified atom stereocenters. The minimum atomic E-state index is 0.322. The predicted octanol–water partition coefficient (Wildman–Crippen LogP) is -0.742. The Hall–Kier alpha value is -0.540. The Bertz CT molecular complexity index is 70.1. The lowest BCUT2D eigenvalue weighted by atomic mass is 10.4. The fraction of sp³-hybridized carbons (Fsp3) is 0.500. The molecule has 0 aliphatic rings. The molecule has 7 heavy (non-hydrogen) atoms. The molecule has 3 heteroatoms. The van der Waals surface area contributed by atoms with Crippen molar-refractivity contribution in [3.05, 3.63) is 17.1 Å². The standard InChI is InChI=1S/C4H10N2O/c1-2-3-4(5)6-7/h3H,2,5-6H2,1H3. The van der Waals surface area contributed by atoms with Crippen molar-refractivity contribution >= 4 is 0 Å². The maximum Gasteiger partial charge on any atom is 0.191 e. The van der Waals surface area contributed by atoms with Crippen molar-refractivity contribution in [3.8, 4) is 0 Å².